The first kappa shape index (κ1) is 50.2. The molecule has 0 saturated carbocycles. The van der Waals surface area contributed by atoms with Gasteiger partial charge in [0.2, 0.25) is 0 Å². The Labute approximate surface area is 362 Å². The number of phenols is 2. The number of rotatable bonds is 27. The van der Waals surface area contributed by atoms with Crippen molar-refractivity contribution in [1.29, 1.82) is 0 Å². The second-order valence-electron chi connectivity index (χ2n) is 16.9. The molecule has 0 aliphatic rings. The van der Waals surface area contributed by atoms with E-state index in [2.05, 4.69) is 34.9 Å². The summed E-state index contributed by atoms with van der Waals surface area (Å²) in [4.78, 5) is 26.0. The number of aliphatic hydroxyl groups excluding tert-OH is 1. The van der Waals surface area contributed by atoms with E-state index in [-0.39, 0.29) is 18.1 Å². The Hall–Kier alpha value is -4.14. The highest BCUT2D eigenvalue weighted by Crippen LogP contribution is 2.34. The Morgan fingerprint density at radius 2 is 0.967 bits per heavy atom. The van der Waals surface area contributed by atoms with Crippen molar-refractivity contribution in [2.24, 2.45) is 5.92 Å². The molecule has 60 heavy (non-hydrogen) atoms. The van der Waals surface area contributed by atoms with Gasteiger partial charge in [-0.15, -0.1) is 0 Å². The van der Waals surface area contributed by atoms with Gasteiger partial charge >= 0.3 is 0 Å². The van der Waals surface area contributed by atoms with E-state index in [4.69, 9.17) is 4.74 Å². The zero-order chi connectivity index (χ0) is 43.7. The van der Waals surface area contributed by atoms with E-state index < -0.39 is 0 Å². The first-order valence-electron chi connectivity index (χ1n) is 23.1. The van der Waals surface area contributed by atoms with Crippen LogP contribution in [-0.2, 0) is 9.53 Å². The van der Waals surface area contributed by atoms with Gasteiger partial charge in [-0.2, -0.15) is 0 Å². The van der Waals surface area contributed by atoms with Crippen LogP contribution in [0.2, 0.25) is 0 Å². The number of carbonyl (C=O) groups excluding carboxylic acids is 1. The van der Waals surface area contributed by atoms with Crippen LogP contribution in [0.25, 0.3) is 34.2 Å². The third-order valence-corrected chi connectivity index (χ3v) is 11.5. The van der Waals surface area contributed by atoms with Crippen molar-refractivity contribution in [1.82, 2.24) is 15.0 Å². The molecule has 4 aromatic rings. The monoisotopic (exact) mass is 824 g/mol. The summed E-state index contributed by atoms with van der Waals surface area (Å²) >= 11 is 0. The van der Waals surface area contributed by atoms with Gasteiger partial charge in [-0.3, -0.25) is 4.79 Å². The van der Waals surface area contributed by atoms with Gasteiger partial charge in [-0.05, 0) is 113 Å². The first-order valence-corrected chi connectivity index (χ1v) is 23.1. The van der Waals surface area contributed by atoms with Crippen molar-refractivity contribution in [3.63, 3.8) is 0 Å². The maximum atomic E-state index is 12.1. The summed E-state index contributed by atoms with van der Waals surface area (Å²) in [5, 5.41) is 30.3. The van der Waals surface area contributed by atoms with Crippen LogP contribution in [0, 0.1) is 33.6 Å². The number of hydrogen-bond donors (Lipinski definition) is 3. The molecule has 2 atom stereocenters. The van der Waals surface area contributed by atoms with Gasteiger partial charge in [0, 0.05) is 32.1 Å². The lowest BCUT2D eigenvalue weighted by Gasteiger charge is -2.26. The van der Waals surface area contributed by atoms with Gasteiger partial charge in [0.1, 0.15) is 17.3 Å². The highest BCUT2D eigenvalue weighted by Gasteiger charge is 2.21. The van der Waals surface area contributed by atoms with Crippen molar-refractivity contribution >= 4 is 5.78 Å². The minimum Gasteiger partial charge on any atom is -0.507 e. The molecule has 8 heteroatoms. The number of unbranched alkanes of at least 4 members (excludes halogenated alkanes) is 11. The SMILES string of the molecule is CCCCCCCCC(=O)CCCCC(CCCO)C(CCCCCCCC)OC.Cc1ccc(-c2nc(-c3ccc(C)cc3O)nc(-c3ccc(C)cc3O)n2)c(C)c1. The number of nitrogens with zero attached hydrogens (tertiary/aromatic N) is 3. The number of aryl methyl sites for hydroxylation is 4. The molecule has 0 spiro atoms. The third-order valence-electron chi connectivity index (χ3n) is 11.5. The second kappa shape index (κ2) is 28.4. The summed E-state index contributed by atoms with van der Waals surface area (Å²) in [5.41, 5.74) is 5.98. The average Bonchev–Trinajstić information content (AvgIpc) is 3.22. The predicted molar refractivity (Wildman–Crippen MR) is 248 cm³/mol. The van der Waals surface area contributed by atoms with Crippen LogP contribution in [0.5, 0.6) is 11.5 Å². The molecule has 0 aliphatic carbocycles. The molecule has 0 saturated heterocycles. The number of ether oxygens (including phenoxy) is 1. The van der Waals surface area contributed by atoms with Crippen LogP contribution >= 0.6 is 0 Å². The Kier molecular flexibility index (Phi) is 23.8. The molecule has 0 amide bonds. The van der Waals surface area contributed by atoms with Gasteiger partial charge < -0.3 is 20.1 Å². The number of Topliss-reactive ketones (excluding diaryl/α,β-unsaturated/α-hetero) is 1. The van der Waals surface area contributed by atoms with E-state index >= 15 is 0 Å². The maximum Gasteiger partial charge on any atom is 0.167 e. The zero-order valence-corrected chi connectivity index (χ0v) is 38.2. The van der Waals surface area contributed by atoms with E-state index in [0.717, 1.165) is 85.6 Å². The van der Waals surface area contributed by atoms with Gasteiger partial charge in [-0.1, -0.05) is 127 Å². The van der Waals surface area contributed by atoms with Gasteiger partial charge in [0.15, 0.2) is 17.5 Å². The molecular formula is C52H77N3O5. The highest BCUT2D eigenvalue weighted by molar-refractivity contribution is 5.78. The minimum atomic E-state index is 0.104. The quantitative estimate of drug-likeness (QED) is 0.0508. The lowest BCUT2D eigenvalue weighted by molar-refractivity contribution is -0.119. The summed E-state index contributed by atoms with van der Waals surface area (Å²) < 4.78 is 5.86. The maximum absolute atomic E-state index is 12.1. The Balaban J connectivity index is 0.000000320. The summed E-state index contributed by atoms with van der Waals surface area (Å²) in [6.45, 7) is 12.6. The molecular weight excluding hydrogens is 747 g/mol. The van der Waals surface area contributed by atoms with Crippen LogP contribution in [0.3, 0.4) is 0 Å². The first-order chi connectivity index (χ1) is 29.0. The Bertz CT molecular complexity index is 1670. The van der Waals surface area contributed by atoms with Crippen LogP contribution in [-0.4, -0.2) is 55.9 Å². The summed E-state index contributed by atoms with van der Waals surface area (Å²) in [6.07, 6.45) is 23.5. The summed E-state index contributed by atoms with van der Waals surface area (Å²) in [6, 6.07) is 16.8. The van der Waals surface area contributed by atoms with E-state index in [1.54, 1.807) is 24.3 Å². The minimum absolute atomic E-state index is 0.104. The Morgan fingerprint density at radius 1 is 0.550 bits per heavy atom. The molecule has 4 rings (SSSR count). The molecule has 1 heterocycles. The molecule has 0 aliphatic heterocycles. The average molecular weight is 824 g/mol. The molecule has 1 aromatic heterocycles. The van der Waals surface area contributed by atoms with Crippen LogP contribution in [0.15, 0.2) is 54.6 Å². The number of phenolic OH excluding ortho intramolecular Hbond substituents is 2. The van der Waals surface area contributed by atoms with E-state index in [0.29, 0.717) is 46.4 Å². The summed E-state index contributed by atoms with van der Waals surface area (Å²) in [7, 11) is 1.84. The standard InChI is InChI=1S/C27H54O3.C25H23N3O2/c1-4-6-8-10-12-14-21-26(29)22-17-16-19-25(20-18-24-28)27(30-3)23-15-13-11-9-7-5-2;1-14-5-8-18(17(4)11-14)23-26-24(19-9-6-15(2)12-21(19)29)28-25(27-23)20-10-7-16(3)13-22(20)30/h25,27-28H,4-24H2,1-3H3;5-13,29-30H,1-4H3. The number of aliphatic hydroxyl groups is 1. The van der Waals surface area contributed by atoms with Crippen LogP contribution in [0.1, 0.15) is 165 Å². The fourth-order valence-electron chi connectivity index (χ4n) is 7.96. The van der Waals surface area contributed by atoms with Crippen molar-refractivity contribution in [3.8, 4) is 45.7 Å². The molecule has 0 fully saturated rings. The molecule has 330 valence electrons. The molecule has 0 radical (unpaired) electrons. The fourth-order valence-corrected chi connectivity index (χ4v) is 7.96. The van der Waals surface area contributed by atoms with E-state index in [1.165, 1.54) is 70.6 Å². The van der Waals surface area contributed by atoms with E-state index in [9.17, 15) is 20.1 Å². The highest BCUT2D eigenvalue weighted by atomic mass is 16.5. The topological polar surface area (TPSA) is 126 Å². The van der Waals surface area contributed by atoms with E-state index in [1.807, 2.05) is 59.1 Å². The number of carbonyl (C=O) groups is 1. The van der Waals surface area contributed by atoms with Crippen LogP contribution < -0.4 is 0 Å². The van der Waals surface area contributed by atoms with Crippen molar-refractivity contribution in [2.75, 3.05) is 13.7 Å². The Morgan fingerprint density at radius 3 is 1.45 bits per heavy atom. The molecule has 2 unspecified atom stereocenters. The second-order valence-corrected chi connectivity index (χ2v) is 16.9. The van der Waals surface area contributed by atoms with Crippen LogP contribution in [0.4, 0.5) is 0 Å². The van der Waals surface area contributed by atoms with Gasteiger partial charge in [0.25, 0.3) is 0 Å². The smallest absolute Gasteiger partial charge is 0.167 e. The lowest BCUT2D eigenvalue weighted by Crippen LogP contribution is -2.23. The number of methoxy groups -OCH3 is 1. The molecule has 3 aromatic carbocycles. The molecule has 3 N–H and O–H groups in total. The lowest BCUT2D eigenvalue weighted by atomic mass is 9.87. The number of aromatic hydroxyl groups is 2. The summed E-state index contributed by atoms with van der Waals surface area (Å²) in [5.74, 6) is 2.38. The predicted octanol–water partition coefficient (Wildman–Crippen LogP) is 13.5. The zero-order valence-electron chi connectivity index (χ0n) is 38.2. The molecule has 0 bridgehead atoms. The number of ketones is 1. The van der Waals surface area contributed by atoms with Crippen molar-refractivity contribution < 1.29 is 24.9 Å². The number of aromatic nitrogens is 3. The fraction of sp³-hybridized carbons (Fsp3) is 0.577. The largest absolute Gasteiger partial charge is 0.507 e. The van der Waals surface area contributed by atoms with Crippen molar-refractivity contribution in [2.45, 2.75) is 176 Å². The third kappa shape index (κ3) is 17.8. The van der Waals surface area contributed by atoms with Crippen molar-refractivity contribution in [3.05, 3.63) is 76.9 Å². The molecule has 8 nitrogen and oxygen atoms in total. The number of benzene rings is 3. The normalized spacial score (nSPS) is 12.2. The number of hydrogen-bond acceptors (Lipinski definition) is 8. The van der Waals surface area contributed by atoms with Gasteiger partial charge in [-0.25, -0.2) is 15.0 Å². The van der Waals surface area contributed by atoms with Gasteiger partial charge in [0.05, 0.1) is 17.2 Å².